The maximum absolute atomic E-state index is 12.2. The van der Waals surface area contributed by atoms with Crippen molar-refractivity contribution in [3.8, 4) is 5.75 Å². The van der Waals surface area contributed by atoms with Gasteiger partial charge in [-0.3, -0.25) is 4.79 Å². The summed E-state index contributed by atoms with van der Waals surface area (Å²) >= 11 is 1.36. The van der Waals surface area contributed by atoms with Gasteiger partial charge in [-0.1, -0.05) is 6.92 Å². The van der Waals surface area contributed by atoms with Crippen molar-refractivity contribution < 1.29 is 14.6 Å². The van der Waals surface area contributed by atoms with Gasteiger partial charge in [0.2, 0.25) is 0 Å². The van der Waals surface area contributed by atoms with Gasteiger partial charge >= 0.3 is 0 Å². The minimum atomic E-state index is -0.444. The van der Waals surface area contributed by atoms with Crippen LogP contribution in [0.3, 0.4) is 0 Å². The molecule has 1 heterocycles. The van der Waals surface area contributed by atoms with E-state index in [1.807, 2.05) is 5.38 Å². The summed E-state index contributed by atoms with van der Waals surface area (Å²) in [7, 11) is 1.58. The lowest BCUT2D eigenvalue weighted by molar-refractivity contribution is 0.0720. The third-order valence-corrected chi connectivity index (χ3v) is 4.85. The van der Waals surface area contributed by atoms with Gasteiger partial charge in [0.05, 0.1) is 24.1 Å². The number of ether oxygens (including phenoxy) is 1. The second-order valence-electron chi connectivity index (χ2n) is 5.43. The van der Waals surface area contributed by atoms with Gasteiger partial charge in [0.25, 0.3) is 5.91 Å². The van der Waals surface area contributed by atoms with E-state index in [9.17, 15) is 9.90 Å². The number of carbonyl (C=O) groups is 1. The Balaban J connectivity index is 2.03. The smallest absolute Gasteiger partial charge is 0.261 e. The Labute approximate surface area is 117 Å². The van der Waals surface area contributed by atoms with Crippen molar-refractivity contribution in [1.82, 2.24) is 5.32 Å². The predicted molar refractivity (Wildman–Crippen MR) is 75.8 cm³/mol. The van der Waals surface area contributed by atoms with Gasteiger partial charge in [0.1, 0.15) is 5.75 Å². The average molecular weight is 283 g/mol. The van der Waals surface area contributed by atoms with Gasteiger partial charge in [0, 0.05) is 11.4 Å². The molecule has 1 aromatic rings. The zero-order valence-electron chi connectivity index (χ0n) is 11.4. The summed E-state index contributed by atoms with van der Waals surface area (Å²) < 4.78 is 5.08. The van der Waals surface area contributed by atoms with Crippen LogP contribution in [0.2, 0.25) is 0 Å². The maximum Gasteiger partial charge on any atom is 0.261 e. The van der Waals surface area contributed by atoms with E-state index < -0.39 is 5.54 Å². The summed E-state index contributed by atoms with van der Waals surface area (Å²) in [5, 5.41) is 14.5. The van der Waals surface area contributed by atoms with Crippen molar-refractivity contribution >= 4 is 17.2 Å². The van der Waals surface area contributed by atoms with Crippen LogP contribution in [0.1, 0.15) is 42.3 Å². The number of thiophene rings is 1. The minimum Gasteiger partial charge on any atom is -0.496 e. The highest BCUT2D eigenvalue weighted by atomic mass is 32.1. The Kier molecular flexibility index (Phi) is 4.47. The molecule has 106 valence electrons. The fraction of sp³-hybridized carbons (Fsp3) is 0.643. The molecule has 0 atom stereocenters. The number of aliphatic hydroxyl groups excluding tert-OH is 1. The number of rotatable bonds is 4. The highest BCUT2D eigenvalue weighted by Crippen LogP contribution is 2.32. The van der Waals surface area contributed by atoms with Gasteiger partial charge in [-0.05, 0) is 31.6 Å². The first kappa shape index (κ1) is 14.3. The van der Waals surface area contributed by atoms with Crippen molar-refractivity contribution in [2.24, 2.45) is 5.92 Å². The number of amides is 1. The highest BCUT2D eigenvalue weighted by Gasteiger charge is 2.35. The van der Waals surface area contributed by atoms with E-state index in [0.29, 0.717) is 16.5 Å². The largest absolute Gasteiger partial charge is 0.496 e. The van der Waals surface area contributed by atoms with Crippen LogP contribution in [-0.2, 0) is 0 Å². The molecule has 2 N–H and O–H groups in total. The SMILES string of the molecule is COc1csc(C(=O)NC2(CO)CCC(C)CC2)c1. The molecule has 0 bridgehead atoms. The standard InChI is InChI=1S/C14H21NO3S/c1-10-3-5-14(9-16,6-4-10)15-13(17)12-7-11(18-2)8-19-12/h7-8,10,16H,3-6,9H2,1-2H3,(H,15,17). The van der Waals surface area contributed by atoms with Crippen LogP contribution in [0.15, 0.2) is 11.4 Å². The molecule has 2 rings (SSSR count). The van der Waals surface area contributed by atoms with Crippen molar-refractivity contribution in [1.29, 1.82) is 0 Å². The molecule has 0 aromatic carbocycles. The fourth-order valence-corrected chi connectivity index (χ4v) is 3.23. The zero-order valence-corrected chi connectivity index (χ0v) is 12.3. The molecule has 1 saturated carbocycles. The fourth-order valence-electron chi connectivity index (χ4n) is 2.48. The summed E-state index contributed by atoms with van der Waals surface area (Å²) in [6.45, 7) is 2.22. The van der Waals surface area contributed by atoms with Crippen LogP contribution in [0.5, 0.6) is 5.75 Å². The summed E-state index contributed by atoms with van der Waals surface area (Å²) in [6.07, 6.45) is 3.79. The number of aliphatic hydroxyl groups is 1. The molecule has 0 saturated heterocycles. The number of methoxy groups -OCH3 is 1. The Morgan fingerprint density at radius 2 is 2.26 bits per heavy atom. The lowest BCUT2D eigenvalue weighted by atomic mass is 9.77. The highest BCUT2D eigenvalue weighted by molar-refractivity contribution is 7.12. The molecule has 1 fully saturated rings. The van der Waals surface area contributed by atoms with Crippen LogP contribution < -0.4 is 10.1 Å². The first-order chi connectivity index (χ1) is 9.08. The Bertz CT molecular complexity index is 436. The molecule has 0 unspecified atom stereocenters. The second kappa shape index (κ2) is 5.92. The van der Waals surface area contributed by atoms with Crippen molar-refractivity contribution in [3.05, 3.63) is 16.3 Å². The molecule has 0 spiro atoms. The van der Waals surface area contributed by atoms with Gasteiger partial charge < -0.3 is 15.2 Å². The molecular formula is C14H21NO3S. The first-order valence-corrected chi connectivity index (χ1v) is 7.52. The lowest BCUT2D eigenvalue weighted by Gasteiger charge is -2.38. The van der Waals surface area contributed by atoms with E-state index in [0.717, 1.165) is 25.7 Å². The van der Waals surface area contributed by atoms with Crippen molar-refractivity contribution in [3.63, 3.8) is 0 Å². The molecule has 5 heteroatoms. The molecule has 0 aliphatic heterocycles. The molecule has 1 aliphatic rings. The van der Waals surface area contributed by atoms with E-state index in [4.69, 9.17) is 4.74 Å². The van der Waals surface area contributed by atoms with E-state index in [1.54, 1.807) is 13.2 Å². The molecular weight excluding hydrogens is 262 g/mol. The van der Waals surface area contributed by atoms with E-state index in [1.165, 1.54) is 11.3 Å². The number of hydrogen-bond donors (Lipinski definition) is 2. The average Bonchev–Trinajstić information content (AvgIpc) is 2.91. The van der Waals surface area contributed by atoms with Crippen LogP contribution in [0, 0.1) is 5.92 Å². The van der Waals surface area contributed by atoms with Crippen LogP contribution >= 0.6 is 11.3 Å². The summed E-state index contributed by atoms with van der Waals surface area (Å²) in [6, 6.07) is 1.73. The second-order valence-corrected chi connectivity index (χ2v) is 6.34. The van der Waals surface area contributed by atoms with Gasteiger partial charge in [-0.15, -0.1) is 11.3 Å². The summed E-state index contributed by atoms with van der Waals surface area (Å²) in [5.74, 6) is 1.26. The van der Waals surface area contributed by atoms with Gasteiger partial charge in [-0.25, -0.2) is 0 Å². The summed E-state index contributed by atoms with van der Waals surface area (Å²) in [4.78, 5) is 12.8. The van der Waals surface area contributed by atoms with Crippen LogP contribution in [0.4, 0.5) is 0 Å². The third kappa shape index (κ3) is 3.28. The Morgan fingerprint density at radius 3 is 2.79 bits per heavy atom. The predicted octanol–water partition coefficient (Wildman–Crippen LogP) is 2.43. The van der Waals surface area contributed by atoms with E-state index in [2.05, 4.69) is 12.2 Å². The van der Waals surface area contributed by atoms with Gasteiger partial charge in [0.15, 0.2) is 0 Å². The van der Waals surface area contributed by atoms with E-state index >= 15 is 0 Å². The van der Waals surface area contributed by atoms with Crippen molar-refractivity contribution in [2.75, 3.05) is 13.7 Å². The summed E-state index contributed by atoms with van der Waals surface area (Å²) in [5.41, 5.74) is -0.444. The molecule has 1 aromatic heterocycles. The van der Waals surface area contributed by atoms with Crippen LogP contribution in [0.25, 0.3) is 0 Å². The number of hydrogen-bond acceptors (Lipinski definition) is 4. The monoisotopic (exact) mass is 283 g/mol. The number of carbonyl (C=O) groups excluding carboxylic acids is 1. The van der Waals surface area contributed by atoms with E-state index in [-0.39, 0.29) is 12.5 Å². The molecule has 1 amide bonds. The van der Waals surface area contributed by atoms with Crippen molar-refractivity contribution in [2.45, 2.75) is 38.1 Å². The lowest BCUT2D eigenvalue weighted by Crippen LogP contribution is -2.53. The normalized spacial score (nSPS) is 27.0. The quantitative estimate of drug-likeness (QED) is 0.892. The Hall–Kier alpha value is -1.07. The third-order valence-electron chi connectivity index (χ3n) is 3.95. The van der Waals surface area contributed by atoms with Gasteiger partial charge in [-0.2, -0.15) is 0 Å². The minimum absolute atomic E-state index is 0.00791. The Morgan fingerprint density at radius 1 is 1.58 bits per heavy atom. The molecule has 1 aliphatic carbocycles. The van der Waals surface area contributed by atoms with Crippen LogP contribution in [-0.4, -0.2) is 30.3 Å². The molecule has 4 nitrogen and oxygen atoms in total. The topological polar surface area (TPSA) is 58.6 Å². The first-order valence-electron chi connectivity index (χ1n) is 6.64. The molecule has 19 heavy (non-hydrogen) atoms. The maximum atomic E-state index is 12.2. The molecule has 0 radical (unpaired) electrons. The number of nitrogens with one attached hydrogen (secondary N) is 1. The zero-order chi connectivity index (χ0) is 13.9.